The van der Waals surface area contributed by atoms with Gasteiger partial charge < -0.3 is 9.64 Å². The van der Waals surface area contributed by atoms with Crippen molar-refractivity contribution >= 4 is 5.91 Å². The van der Waals surface area contributed by atoms with Crippen LogP contribution in [0.5, 0.6) is 0 Å². The van der Waals surface area contributed by atoms with Crippen molar-refractivity contribution in [2.45, 2.75) is 25.7 Å². The first-order valence-electron chi connectivity index (χ1n) is 4.99. The molecule has 1 rings (SSSR count). The van der Waals surface area contributed by atoms with Crippen molar-refractivity contribution in [3.63, 3.8) is 0 Å². The molecule has 75 valence electrons. The van der Waals surface area contributed by atoms with Crippen molar-refractivity contribution in [2.75, 3.05) is 26.3 Å². The van der Waals surface area contributed by atoms with E-state index in [1.54, 1.807) is 0 Å². The Kier molecular flexibility index (Phi) is 4.83. The Hall–Kier alpha value is -0.570. The van der Waals surface area contributed by atoms with E-state index in [1.165, 1.54) is 0 Å². The van der Waals surface area contributed by atoms with Crippen molar-refractivity contribution in [3.05, 3.63) is 6.92 Å². The number of hydrogen-bond acceptors (Lipinski definition) is 2. The van der Waals surface area contributed by atoms with E-state index in [9.17, 15) is 4.79 Å². The molecular formula is C10H18NO2. The van der Waals surface area contributed by atoms with Gasteiger partial charge >= 0.3 is 0 Å². The minimum absolute atomic E-state index is 0.275. The molecule has 1 saturated heterocycles. The van der Waals surface area contributed by atoms with E-state index in [-0.39, 0.29) is 5.91 Å². The molecule has 3 nitrogen and oxygen atoms in total. The van der Waals surface area contributed by atoms with E-state index in [2.05, 4.69) is 6.92 Å². The normalized spacial score (nSPS) is 17.5. The van der Waals surface area contributed by atoms with Gasteiger partial charge in [0.1, 0.15) is 0 Å². The summed E-state index contributed by atoms with van der Waals surface area (Å²) in [6.07, 6.45) is 3.63. The van der Waals surface area contributed by atoms with Gasteiger partial charge in [0.25, 0.3) is 0 Å². The van der Waals surface area contributed by atoms with Gasteiger partial charge in [0.05, 0.1) is 13.2 Å². The van der Waals surface area contributed by atoms with Crippen LogP contribution < -0.4 is 0 Å². The van der Waals surface area contributed by atoms with E-state index in [4.69, 9.17) is 4.74 Å². The molecule has 0 aliphatic carbocycles. The minimum atomic E-state index is 0.275. The van der Waals surface area contributed by atoms with Gasteiger partial charge in [-0.05, 0) is 6.42 Å². The standard InChI is InChI=1S/C10H18NO2/c1-2-3-4-5-10(12)11-6-8-13-9-7-11/h1-9H2. The fourth-order valence-corrected chi connectivity index (χ4v) is 1.42. The highest BCUT2D eigenvalue weighted by molar-refractivity contribution is 5.76. The van der Waals surface area contributed by atoms with Gasteiger partial charge in [0.2, 0.25) is 5.91 Å². The first kappa shape index (κ1) is 10.5. The van der Waals surface area contributed by atoms with E-state index < -0.39 is 0 Å². The molecule has 3 heteroatoms. The molecule has 0 N–H and O–H groups in total. The monoisotopic (exact) mass is 184 g/mol. The molecule has 0 aromatic rings. The summed E-state index contributed by atoms with van der Waals surface area (Å²) in [7, 11) is 0. The lowest BCUT2D eigenvalue weighted by atomic mass is 10.2. The number of ether oxygens (including phenoxy) is 1. The average molecular weight is 184 g/mol. The summed E-state index contributed by atoms with van der Waals surface area (Å²) in [6, 6.07) is 0. The molecule has 1 radical (unpaired) electrons. The molecule has 0 saturated carbocycles. The molecule has 1 fully saturated rings. The summed E-state index contributed by atoms with van der Waals surface area (Å²) in [5, 5.41) is 0. The van der Waals surface area contributed by atoms with Crippen molar-refractivity contribution < 1.29 is 9.53 Å². The molecule has 1 aliphatic heterocycles. The van der Waals surface area contributed by atoms with Gasteiger partial charge in [0, 0.05) is 19.5 Å². The first-order valence-corrected chi connectivity index (χ1v) is 4.99. The van der Waals surface area contributed by atoms with Gasteiger partial charge in [-0.3, -0.25) is 4.79 Å². The second-order valence-corrected chi connectivity index (χ2v) is 3.30. The molecule has 0 atom stereocenters. The number of nitrogens with zero attached hydrogens (tertiary/aromatic N) is 1. The summed E-state index contributed by atoms with van der Waals surface area (Å²) >= 11 is 0. The number of amides is 1. The maximum Gasteiger partial charge on any atom is 0.222 e. The summed E-state index contributed by atoms with van der Waals surface area (Å²) in [5.74, 6) is 0.275. The fraction of sp³-hybridized carbons (Fsp3) is 0.800. The number of carbonyl (C=O) groups is 1. The molecule has 1 aliphatic rings. The summed E-state index contributed by atoms with van der Waals surface area (Å²) < 4.78 is 5.17. The Bertz CT molecular complexity index is 153. The molecular weight excluding hydrogens is 166 g/mol. The first-order chi connectivity index (χ1) is 6.34. The average Bonchev–Trinajstić information content (AvgIpc) is 2.19. The summed E-state index contributed by atoms with van der Waals surface area (Å²) in [6.45, 7) is 6.68. The Morgan fingerprint density at radius 2 is 2.00 bits per heavy atom. The minimum Gasteiger partial charge on any atom is -0.378 e. The molecule has 0 spiro atoms. The zero-order valence-corrected chi connectivity index (χ0v) is 8.13. The smallest absolute Gasteiger partial charge is 0.222 e. The zero-order chi connectivity index (χ0) is 9.52. The van der Waals surface area contributed by atoms with Crippen LogP contribution in [-0.4, -0.2) is 37.1 Å². The van der Waals surface area contributed by atoms with E-state index in [0.717, 1.165) is 32.4 Å². The predicted octanol–water partition coefficient (Wildman–Crippen LogP) is 1.24. The van der Waals surface area contributed by atoms with Crippen LogP contribution in [0.1, 0.15) is 25.7 Å². The third-order valence-corrected chi connectivity index (χ3v) is 2.25. The van der Waals surface area contributed by atoms with Crippen LogP contribution in [-0.2, 0) is 9.53 Å². The summed E-state index contributed by atoms with van der Waals surface area (Å²) in [4.78, 5) is 13.4. The maximum absolute atomic E-state index is 11.5. The highest BCUT2D eigenvalue weighted by Crippen LogP contribution is 2.05. The molecule has 0 aromatic carbocycles. The molecule has 1 heterocycles. The highest BCUT2D eigenvalue weighted by Gasteiger charge is 2.15. The van der Waals surface area contributed by atoms with Crippen molar-refractivity contribution in [2.24, 2.45) is 0 Å². The molecule has 0 unspecified atom stereocenters. The zero-order valence-electron chi connectivity index (χ0n) is 8.13. The van der Waals surface area contributed by atoms with E-state index in [1.807, 2.05) is 4.90 Å². The Balaban J connectivity index is 2.13. The lowest BCUT2D eigenvalue weighted by Crippen LogP contribution is -2.40. The summed E-state index contributed by atoms with van der Waals surface area (Å²) in [5.41, 5.74) is 0. The van der Waals surface area contributed by atoms with Gasteiger partial charge in [-0.25, -0.2) is 0 Å². The van der Waals surface area contributed by atoms with Crippen molar-refractivity contribution in [1.29, 1.82) is 0 Å². The van der Waals surface area contributed by atoms with E-state index >= 15 is 0 Å². The second kappa shape index (κ2) is 5.97. The third-order valence-electron chi connectivity index (χ3n) is 2.25. The van der Waals surface area contributed by atoms with E-state index in [0.29, 0.717) is 19.6 Å². The third kappa shape index (κ3) is 3.77. The maximum atomic E-state index is 11.5. The number of hydrogen-bond donors (Lipinski definition) is 0. The topological polar surface area (TPSA) is 29.5 Å². The van der Waals surface area contributed by atoms with Gasteiger partial charge in [0.15, 0.2) is 0 Å². The van der Waals surface area contributed by atoms with Crippen molar-refractivity contribution in [1.82, 2.24) is 4.90 Å². The van der Waals surface area contributed by atoms with Crippen LogP contribution >= 0.6 is 0 Å². The number of unbranched alkanes of at least 4 members (excludes halogenated alkanes) is 2. The highest BCUT2D eigenvalue weighted by atomic mass is 16.5. The number of carbonyl (C=O) groups excluding carboxylic acids is 1. The van der Waals surface area contributed by atoms with Gasteiger partial charge in [-0.2, -0.15) is 0 Å². The second-order valence-electron chi connectivity index (χ2n) is 3.30. The molecule has 13 heavy (non-hydrogen) atoms. The molecule has 1 amide bonds. The Morgan fingerprint density at radius 1 is 1.31 bits per heavy atom. The van der Waals surface area contributed by atoms with Crippen molar-refractivity contribution in [3.8, 4) is 0 Å². The Labute approximate surface area is 80.1 Å². The quantitative estimate of drug-likeness (QED) is 0.615. The van der Waals surface area contributed by atoms with Crippen LogP contribution in [0.3, 0.4) is 0 Å². The lowest BCUT2D eigenvalue weighted by molar-refractivity contribution is -0.135. The van der Waals surface area contributed by atoms with Crippen LogP contribution in [0.4, 0.5) is 0 Å². The number of rotatable bonds is 4. The fourth-order valence-electron chi connectivity index (χ4n) is 1.42. The number of morpholine rings is 1. The largest absolute Gasteiger partial charge is 0.378 e. The lowest BCUT2D eigenvalue weighted by Gasteiger charge is -2.26. The van der Waals surface area contributed by atoms with Crippen LogP contribution in [0, 0.1) is 6.92 Å². The predicted molar refractivity (Wildman–Crippen MR) is 51.2 cm³/mol. The van der Waals surface area contributed by atoms with Crippen LogP contribution in [0.2, 0.25) is 0 Å². The molecule has 0 bridgehead atoms. The van der Waals surface area contributed by atoms with Crippen LogP contribution in [0.15, 0.2) is 0 Å². The SMILES string of the molecule is [CH2]CCCCC(=O)N1CCOCC1. The Morgan fingerprint density at radius 3 is 2.62 bits per heavy atom. The van der Waals surface area contributed by atoms with Crippen LogP contribution in [0.25, 0.3) is 0 Å². The van der Waals surface area contributed by atoms with Gasteiger partial charge in [-0.1, -0.05) is 19.8 Å². The van der Waals surface area contributed by atoms with Gasteiger partial charge in [-0.15, -0.1) is 0 Å². The molecule has 0 aromatic heterocycles.